The number of nitrogens with zero attached hydrogens (tertiary/aromatic N) is 1. The van der Waals surface area contributed by atoms with Gasteiger partial charge in [-0.2, -0.15) is 0 Å². The summed E-state index contributed by atoms with van der Waals surface area (Å²) in [6.45, 7) is 8.91. The Kier molecular flexibility index (Phi) is 11.5. The molecule has 1 N–H and O–H groups in total. The molecule has 0 unspecified atom stereocenters. The number of esters is 1. The second-order valence-corrected chi connectivity index (χ2v) is 8.34. The molecule has 0 amide bonds. The normalized spacial score (nSPS) is 12.2. The van der Waals surface area contributed by atoms with E-state index in [4.69, 9.17) is 32.7 Å². The second kappa shape index (κ2) is 13.0. The van der Waals surface area contributed by atoms with E-state index in [2.05, 4.69) is 10.1 Å². The van der Waals surface area contributed by atoms with E-state index in [0.29, 0.717) is 36.8 Å². The van der Waals surface area contributed by atoms with Crippen molar-refractivity contribution in [3.8, 4) is 5.75 Å². The zero-order valence-corrected chi connectivity index (χ0v) is 19.1. The quantitative estimate of drug-likeness (QED) is 0.218. The average Bonchev–Trinajstić information content (AvgIpc) is 2.63. The monoisotopic (exact) mass is 443 g/mol. The third kappa shape index (κ3) is 10.2. The van der Waals surface area contributed by atoms with E-state index < -0.39 is 11.6 Å². The van der Waals surface area contributed by atoms with E-state index in [-0.39, 0.29) is 19.0 Å². The fourth-order valence-corrected chi connectivity index (χ4v) is 3.04. The van der Waals surface area contributed by atoms with Gasteiger partial charge in [-0.15, -0.1) is 23.2 Å². The number of carbonyl (C=O) groups is 2. The molecular formula is C20H30BCl2N2O4. The minimum Gasteiger partial charge on any atom is -0.492 e. The summed E-state index contributed by atoms with van der Waals surface area (Å²) >= 11 is 11.8. The lowest BCUT2D eigenvalue weighted by molar-refractivity contribution is -0.155. The minimum absolute atomic E-state index is 0.0744. The van der Waals surface area contributed by atoms with Gasteiger partial charge >= 0.3 is 5.97 Å². The first-order chi connectivity index (χ1) is 13.7. The number of rotatable bonds is 13. The Labute approximate surface area is 184 Å². The van der Waals surface area contributed by atoms with Crippen molar-refractivity contribution < 1.29 is 19.1 Å². The summed E-state index contributed by atoms with van der Waals surface area (Å²) in [4.78, 5) is 24.9. The van der Waals surface area contributed by atoms with Crippen LogP contribution in [-0.2, 0) is 14.3 Å². The molecule has 1 atom stereocenters. The Bertz CT molecular complexity index is 650. The summed E-state index contributed by atoms with van der Waals surface area (Å²) in [7, 11) is 1.25. The number of anilines is 1. The van der Waals surface area contributed by atoms with Crippen LogP contribution in [0.25, 0.3) is 0 Å². The third-order valence-electron chi connectivity index (χ3n) is 3.92. The predicted molar refractivity (Wildman–Crippen MR) is 120 cm³/mol. The Morgan fingerprint density at radius 1 is 1.28 bits per heavy atom. The maximum Gasteiger partial charge on any atom is 0.307 e. The molecule has 1 radical (unpaired) electrons. The molecule has 1 rings (SSSR count). The van der Waals surface area contributed by atoms with Crippen LogP contribution in [-0.4, -0.2) is 62.7 Å². The van der Waals surface area contributed by atoms with Crippen molar-refractivity contribution in [1.29, 1.82) is 0 Å². The molecule has 161 valence electrons. The molecule has 1 aromatic rings. The maximum atomic E-state index is 12.1. The predicted octanol–water partition coefficient (Wildman–Crippen LogP) is 3.16. The summed E-state index contributed by atoms with van der Waals surface area (Å²) in [6.07, 6.45) is 0.703. The first-order valence-electron chi connectivity index (χ1n) is 9.55. The van der Waals surface area contributed by atoms with Crippen molar-refractivity contribution in [1.82, 2.24) is 5.23 Å². The van der Waals surface area contributed by atoms with E-state index in [0.717, 1.165) is 11.3 Å². The van der Waals surface area contributed by atoms with Crippen LogP contribution in [0.3, 0.4) is 0 Å². The van der Waals surface area contributed by atoms with Gasteiger partial charge in [-0.05, 0) is 39.3 Å². The molecule has 0 aromatic heterocycles. The van der Waals surface area contributed by atoms with E-state index in [9.17, 15) is 9.59 Å². The lowest BCUT2D eigenvalue weighted by Crippen LogP contribution is -2.41. The van der Waals surface area contributed by atoms with Crippen molar-refractivity contribution in [2.45, 2.75) is 45.8 Å². The van der Waals surface area contributed by atoms with Crippen molar-refractivity contribution >= 4 is 48.5 Å². The molecular weight excluding hydrogens is 414 g/mol. The van der Waals surface area contributed by atoms with Crippen LogP contribution in [0, 0.1) is 6.92 Å². The minimum atomic E-state index is -0.573. The van der Waals surface area contributed by atoms with Gasteiger partial charge in [-0.25, -0.2) is 0 Å². The van der Waals surface area contributed by atoms with Gasteiger partial charge in [0.05, 0.1) is 12.6 Å². The molecule has 0 heterocycles. The number of benzene rings is 1. The van der Waals surface area contributed by atoms with Crippen LogP contribution in [0.2, 0.25) is 0 Å². The largest absolute Gasteiger partial charge is 0.492 e. The molecule has 0 fully saturated rings. The topological polar surface area (TPSA) is 67.9 Å². The van der Waals surface area contributed by atoms with E-state index in [1.807, 2.05) is 45.9 Å². The van der Waals surface area contributed by atoms with Gasteiger partial charge < -0.3 is 24.4 Å². The van der Waals surface area contributed by atoms with E-state index in [1.165, 1.54) is 7.41 Å². The van der Waals surface area contributed by atoms with Crippen molar-refractivity contribution in [3.63, 3.8) is 0 Å². The van der Waals surface area contributed by atoms with Gasteiger partial charge in [0.15, 0.2) is 0 Å². The van der Waals surface area contributed by atoms with E-state index >= 15 is 0 Å². The first-order valence-corrected chi connectivity index (χ1v) is 10.6. The summed E-state index contributed by atoms with van der Waals surface area (Å²) in [5.74, 6) is 1.31. The maximum absolute atomic E-state index is 12.1. The number of hydrogen-bond acceptors (Lipinski definition) is 6. The van der Waals surface area contributed by atoms with Crippen molar-refractivity contribution in [2.24, 2.45) is 0 Å². The molecule has 29 heavy (non-hydrogen) atoms. The van der Waals surface area contributed by atoms with Gasteiger partial charge in [0.2, 0.25) is 0 Å². The number of halogens is 2. The highest BCUT2D eigenvalue weighted by Crippen LogP contribution is 2.26. The number of carbonyl (C=O) groups excluding carboxylic acids is 2. The van der Waals surface area contributed by atoms with Crippen LogP contribution in [0.15, 0.2) is 18.2 Å². The summed E-state index contributed by atoms with van der Waals surface area (Å²) in [5, 5.41) is 2.89. The number of alkyl halides is 2. The molecule has 0 aliphatic rings. The van der Waals surface area contributed by atoms with E-state index in [1.54, 1.807) is 0 Å². The summed E-state index contributed by atoms with van der Waals surface area (Å²) in [6, 6.07) is 5.49. The Morgan fingerprint density at radius 3 is 2.48 bits per heavy atom. The van der Waals surface area contributed by atoms with Gasteiger partial charge in [0, 0.05) is 42.6 Å². The zero-order valence-electron chi connectivity index (χ0n) is 17.5. The molecule has 0 aliphatic heterocycles. The number of nitrogens with one attached hydrogen (secondary N) is 1. The highest BCUT2D eigenvalue weighted by atomic mass is 35.5. The van der Waals surface area contributed by atoms with Gasteiger partial charge in [0.1, 0.15) is 18.0 Å². The van der Waals surface area contributed by atoms with Crippen LogP contribution in [0.4, 0.5) is 5.69 Å². The molecule has 0 bridgehead atoms. The number of ether oxygens (including phenoxy) is 2. The standard InChI is InChI=1S/C20H30BCl2N2O4/c1-15-5-6-17(25(9-7-22)10-8-23)12-18(15)28-13-16(24-21-14-26)11-19(27)29-20(2,3)4/h5-6,12,14,16,24H,7-11,13H2,1-4H3/t16-/m1/s1. The van der Waals surface area contributed by atoms with Crippen molar-refractivity contribution in [3.05, 3.63) is 23.8 Å². The fourth-order valence-electron chi connectivity index (χ4n) is 2.63. The number of hydrogen-bond donors (Lipinski definition) is 1. The highest BCUT2D eigenvalue weighted by molar-refractivity contribution is 6.64. The molecule has 1 aromatic carbocycles. The van der Waals surface area contributed by atoms with Crippen LogP contribution < -0.4 is 14.9 Å². The van der Waals surface area contributed by atoms with Gasteiger partial charge in [-0.1, -0.05) is 6.07 Å². The Balaban J connectivity index is 2.85. The lowest BCUT2D eigenvalue weighted by atomic mass is 9.96. The molecule has 6 nitrogen and oxygen atoms in total. The lowest BCUT2D eigenvalue weighted by Gasteiger charge is -2.25. The van der Waals surface area contributed by atoms with Gasteiger partial charge in [-0.3, -0.25) is 4.79 Å². The SMILES string of the molecule is Cc1ccc(N(CCCl)CCCl)cc1OC[C@@H](CC(=O)OC(C)(C)C)N[B]C=O. The van der Waals surface area contributed by atoms with Gasteiger partial charge in [0.25, 0.3) is 7.41 Å². The highest BCUT2D eigenvalue weighted by Gasteiger charge is 2.21. The summed E-state index contributed by atoms with van der Waals surface area (Å²) < 4.78 is 11.3. The molecule has 0 aliphatic carbocycles. The van der Waals surface area contributed by atoms with Crippen LogP contribution in [0.5, 0.6) is 5.75 Å². The fraction of sp³-hybridized carbons (Fsp3) is 0.600. The Morgan fingerprint density at radius 2 is 1.93 bits per heavy atom. The van der Waals surface area contributed by atoms with Crippen molar-refractivity contribution in [2.75, 3.05) is 36.4 Å². The average molecular weight is 444 g/mol. The molecule has 0 saturated carbocycles. The molecule has 9 heteroatoms. The smallest absolute Gasteiger partial charge is 0.307 e. The second-order valence-electron chi connectivity index (χ2n) is 7.58. The first kappa shape index (κ1) is 25.6. The Hall–Kier alpha value is -1.44. The zero-order chi connectivity index (χ0) is 21.9. The number of aryl methyl sites for hydroxylation is 1. The van der Waals surface area contributed by atoms with Crippen LogP contribution in [0.1, 0.15) is 32.8 Å². The van der Waals surface area contributed by atoms with Crippen LogP contribution >= 0.6 is 23.2 Å². The third-order valence-corrected chi connectivity index (χ3v) is 4.26. The molecule has 0 saturated heterocycles. The summed E-state index contributed by atoms with van der Waals surface area (Å²) in [5.41, 5.74) is 1.35. The molecule has 0 spiro atoms.